The van der Waals surface area contributed by atoms with Gasteiger partial charge >= 0.3 is 0 Å². The lowest BCUT2D eigenvalue weighted by Gasteiger charge is -2.18. The third-order valence-electron chi connectivity index (χ3n) is 9.25. The fourth-order valence-corrected chi connectivity index (χ4v) is 7.04. The quantitative estimate of drug-likeness (QED) is 0.144. The largest absolute Gasteiger partial charge is 0.456 e. The predicted molar refractivity (Wildman–Crippen MR) is 200 cm³/mol. The second-order valence-corrected chi connectivity index (χ2v) is 11.9. The fourth-order valence-electron chi connectivity index (χ4n) is 7.04. The van der Waals surface area contributed by atoms with Crippen LogP contribution in [0.4, 0.5) is 0 Å². The lowest BCUT2D eigenvalue weighted by Crippen LogP contribution is -1.91. The van der Waals surface area contributed by atoms with Gasteiger partial charge in [-0.3, -0.25) is 0 Å². The molecular weight excluding hydrogens is 569 g/mol. The number of hydrogen-bond donors (Lipinski definition) is 0. The van der Waals surface area contributed by atoms with Gasteiger partial charge in [0.05, 0.1) is 11.0 Å². The van der Waals surface area contributed by atoms with E-state index in [0.29, 0.717) is 28.0 Å². The van der Waals surface area contributed by atoms with Gasteiger partial charge in [0.2, 0.25) is 0 Å². The molecule has 1 heterocycles. The molecule has 47 heavy (non-hydrogen) atoms. The summed E-state index contributed by atoms with van der Waals surface area (Å²) in [6.07, 6.45) is 0. The molecule has 10 aromatic rings. The maximum Gasteiger partial charge on any atom is 0.135 e. The summed E-state index contributed by atoms with van der Waals surface area (Å²) in [6, 6.07) is 36.4. The number of para-hydroxylation sites is 1. The van der Waals surface area contributed by atoms with Crippen molar-refractivity contribution in [1.29, 1.82) is 0 Å². The summed E-state index contributed by atoms with van der Waals surface area (Å²) < 4.78 is 79.0. The highest BCUT2D eigenvalue weighted by atomic mass is 16.3. The molecule has 1 heteroatoms. The first-order valence-electron chi connectivity index (χ1n) is 19.5. The van der Waals surface area contributed by atoms with Crippen LogP contribution in [0.2, 0.25) is 0 Å². The summed E-state index contributed by atoms with van der Waals surface area (Å²) >= 11 is 0. The average Bonchev–Trinajstić information content (AvgIpc) is 3.66. The van der Waals surface area contributed by atoms with Crippen LogP contribution in [0.5, 0.6) is 0 Å². The van der Waals surface area contributed by atoms with Crippen molar-refractivity contribution >= 4 is 64.8 Å². The van der Waals surface area contributed by atoms with Gasteiger partial charge in [0.1, 0.15) is 11.3 Å². The summed E-state index contributed by atoms with van der Waals surface area (Å²) in [5.41, 5.74) is 3.39. The molecule has 0 aliphatic rings. The summed E-state index contributed by atoms with van der Waals surface area (Å²) in [5.74, 6) is 0.695. The third-order valence-corrected chi connectivity index (χ3v) is 9.25. The van der Waals surface area contributed by atoms with Gasteiger partial charge in [0.25, 0.3) is 0 Å². The van der Waals surface area contributed by atoms with Gasteiger partial charge in [-0.15, -0.1) is 0 Å². The van der Waals surface area contributed by atoms with Crippen LogP contribution < -0.4 is 0 Å². The summed E-state index contributed by atoms with van der Waals surface area (Å²) in [7, 11) is 0. The Morgan fingerprint density at radius 1 is 0.362 bits per heavy atom. The zero-order chi connectivity index (χ0) is 37.9. The smallest absolute Gasteiger partial charge is 0.135 e. The van der Waals surface area contributed by atoms with E-state index in [2.05, 4.69) is 0 Å². The number of fused-ring (bicyclic) bond motifs is 7. The normalized spacial score (nSPS) is 14.2. The molecule has 218 valence electrons. The Kier molecular flexibility index (Phi) is 4.19. The van der Waals surface area contributed by atoms with Gasteiger partial charge in [-0.1, -0.05) is 139 Å². The van der Waals surface area contributed by atoms with Gasteiger partial charge in [0, 0.05) is 10.9 Å². The Morgan fingerprint density at radius 2 is 0.872 bits per heavy atom. The molecular formula is C46H28O. The number of hydrogen-bond acceptors (Lipinski definition) is 1. The monoisotopic (exact) mass is 604 g/mol. The standard InChI is InChI=1S/C46H28O/c1-3-11-37-30(9-1)19-20-31-21-24-35(27-42(31)37)46-40-14-6-4-12-38(40)45(39-13-5-7-15-41(39)46)34-23-18-29-17-22-33(25-36(29)26-34)44-28-32-10-2-8-16-43(32)47-44/h1-28H/i4D,5D,6D,7D,12D,13D,14D,15D. The fraction of sp³-hybridized carbons (Fsp3) is 0. The first-order chi connectivity index (χ1) is 26.6. The van der Waals surface area contributed by atoms with E-state index in [9.17, 15) is 5.48 Å². The van der Waals surface area contributed by atoms with Crippen LogP contribution in [0.3, 0.4) is 0 Å². The molecule has 1 nitrogen and oxygen atoms in total. The van der Waals surface area contributed by atoms with Crippen molar-refractivity contribution in [2.75, 3.05) is 0 Å². The molecule has 0 spiro atoms. The highest BCUT2D eigenvalue weighted by Gasteiger charge is 2.17. The molecule has 0 N–H and O–H groups in total. The van der Waals surface area contributed by atoms with Crippen LogP contribution in [-0.2, 0) is 0 Å². The first kappa shape index (κ1) is 19.4. The molecule has 1 aromatic heterocycles. The molecule has 0 unspecified atom stereocenters. The average molecular weight is 605 g/mol. The minimum atomic E-state index is -0.428. The summed E-state index contributed by atoms with van der Waals surface area (Å²) in [6.45, 7) is 0. The molecule has 0 radical (unpaired) electrons. The van der Waals surface area contributed by atoms with Gasteiger partial charge in [-0.2, -0.15) is 0 Å². The number of benzene rings is 9. The highest BCUT2D eigenvalue weighted by Crippen LogP contribution is 2.45. The minimum absolute atomic E-state index is 0.185. The topological polar surface area (TPSA) is 13.1 Å². The first-order valence-corrected chi connectivity index (χ1v) is 15.5. The summed E-state index contributed by atoms with van der Waals surface area (Å²) in [4.78, 5) is 0. The number of furan rings is 1. The summed E-state index contributed by atoms with van der Waals surface area (Å²) in [5, 5.41) is 7.37. The zero-order valence-electron chi connectivity index (χ0n) is 33.0. The SMILES string of the molecule is [2H]c1c([2H])c([2H])c2c(-c3ccc4ccc5ccccc5c4c3)c3c([2H])c([2H])c([2H])c([2H])c3c(-c3ccc4ccc(-c5cc6ccccc6o5)cc4c3)c2c1[2H]. The number of rotatable bonds is 3. The molecule has 0 saturated carbocycles. The van der Waals surface area contributed by atoms with E-state index in [1.807, 2.05) is 121 Å². The minimum Gasteiger partial charge on any atom is -0.456 e. The van der Waals surface area contributed by atoms with Crippen molar-refractivity contribution in [3.63, 3.8) is 0 Å². The highest BCUT2D eigenvalue weighted by molar-refractivity contribution is 6.22. The van der Waals surface area contributed by atoms with Crippen molar-refractivity contribution in [1.82, 2.24) is 0 Å². The van der Waals surface area contributed by atoms with E-state index in [1.165, 1.54) is 0 Å². The maximum atomic E-state index is 9.38. The zero-order valence-corrected chi connectivity index (χ0v) is 25.0. The van der Waals surface area contributed by atoms with E-state index < -0.39 is 24.2 Å². The van der Waals surface area contributed by atoms with Crippen LogP contribution in [0.25, 0.3) is 98.4 Å². The molecule has 0 saturated heterocycles. The molecule has 0 amide bonds. The van der Waals surface area contributed by atoms with Gasteiger partial charge in [-0.25, -0.2) is 0 Å². The third kappa shape index (κ3) is 4.10. The maximum absolute atomic E-state index is 9.38. The second-order valence-electron chi connectivity index (χ2n) is 11.9. The van der Waals surface area contributed by atoms with Crippen LogP contribution in [0, 0.1) is 0 Å². The van der Waals surface area contributed by atoms with Crippen LogP contribution >= 0.6 is 0 Å². The molecule has 0 fully saturated rings. The van der Waals surface area contributed by atoms with Crippen LogP contribution in [-0.4, -0.2) is 0 Å². The Hall–Kier alpha value is -6.18. The second kappa shape index (κ2) is 10.2. The molecule has 0 aliphatic carbocycles. The molecule has 0 aliphatic heterocycles. The Labute approximate surface area is 283 Å². The van der Waals surface area contributed by atoms with Crippen LogP contribution in [0.15, 0.2) is 174 Å². The van der Waals surface area contributed by atoms with Gasteiger partial charge in [0.15, 0.2) is 0 Å². The van der Waals surface area contributed by atoms with Crippen molar-refractivity contribution in [2.45, 2.75) is 0 Å². The lowest BCUT2D eigenvalue weighted by molar-refractivity contribution is 0.631. The molecule has 10 rings (SSSR count). The molecule has 9 aromatic carbocycles. The van der Waals surface area contributed by atoms with Crippen molar-refractivity contribution in [3.05, 3.63) is 170 Å². The van der Waals surface area contributed by atoms with Crippen molar-refractivity contribution in [2.24, 2.45) is 0 Å². The van der Waals surface area contributed by atoms with E-state index in [4.69, 9.17) is 9.90 Å². The van der Waals surface area contributed by atoms with Crippen molar-refractivity contribution < 1.29 is 15.4 Å². The van der Waals surface area contributed by atoms with E-state index >= 15 is 0 Å². The van der Waals surface area contributed by atoms with Gasteiger partial charge in [-0.05, 0) is 106 Å². The van der Waals surface area contributed by atoms with E-state index in [1.54, 1.807) is 0 Å². The van der Waals surface area contributed by atoms with Crippen LogP contribution in [0.1, 0.15) is 11.0 Å². The van der Waals surface area contributed by atoms with Gasteiger partial charge < -0.3 is 4.42 Å². The lowest BCUT2D eigenvalue weighted by atomic mass is 9.85. The molecule has 0 atom stereocenters. The van der Waals surface area contributed by atoms with E-state index in [0.717, 1.165) is 48.9 Å². The Balaban J connectivity index is 1.35. The van der Waals surface area contributed by atoms with E-state index in [-0.39, 0.29) is 45.7 Å². The molecule has 0 bridgehead atoms. The van der Waals surface area contributed by atoms with Crippen molar-refractivity contribution in [3.8, 4) is 33.6 Å². The predicted octanol–water partition coefficient (Wildman–Crippen LogP) is 13.2. The Bertz CT molecular complexity index is 3200. The Morgan fingerprint density at radius 3 is 1.55 bits per heavy atom.